The minimum absolute atomic E-state index is 0.393. The van der Waals surface area contributed by atoms with Gasteiger partial charge in [-0.3, -0.25) is 0 Å². The standard InChI is InChI=1S/C11H16N2O2/c12-4-3-7-1-2-9-8(5-7)11(15)10(14)6-13-9/h1-2,5,10-11,13-15H,3-4,6,12H2. The van der Waals surface area contributed by atoms with E-state index in [0.717, 1.165) is 23.2 Å². The minimum Gasteiger partial charge on any atom is -0.388 e. The highest BCUT2D eigenvalue weighted by Gasteiger charge is 2.25. The van der Waals surface area contributed by atoms with Crippen molar-refractivity contribution in [3.05, 3.63) is 29.3 Å². The van der Waals surface area contributed by atoms with Crippen molar-refractivity contribution < 1.29 is 10.2 Å². The second-order valence-corrected chi connectivity index (χ2v) is 3.85. The molecule has 2 rings (SSSR count). The third-order valence-corrected chi connectivity index (χ3v) is 2.73. The van der Waals surface area contributed by atoms with E-state index in [0.29, 0.717) is 13.1 Å². The van der Waals surface area contributed by atoms with Crippen LogP contribution in [0, 0.1) is 0 Å². The molecule has 4 heteroatoms. The molecule has 0 radical (unpaired) electrons. The van der Waals surface area contributed by atoms with Crippen molar-refractivity contribution in [2.24, 2.45) is 5.73 Å². The van der Waals surface area contributed by atoms with Crippen molar-refractivity contribution in [1.82, 2.24) is 0 Å². The number of benzene rings is 1. The number of nitrogens with two attached hydrogens (primary N) is 1. The van der Waals surface area contributed by atoms with Crippen LogP contribution in [-0.4, -0.2) is 29.4 Å². The summed E-state index contributed by atoms with van der Waals surface area (Å²) in [4.78, 5) is 0. The predicted octanol–water partition coefficient (Wildman–Crippen LogP) is 0.00760. The first-order chi connectivity index (χ1) is 7.22. The van der Waals surface area contributed by atoms with Crippen LogP contribution in [0.5, 0.6) is 0 Å². The Morgan fingerprint density at radius 2 is 2.20 bits per heavy atom. The number of nitrogens with one attached hydrogen (secondary N) is 1. The summed E-state index contributed by atoms with van der Waals surface area (Å²) < 4.78 is 0. The third-order valence-electron chi connectivity index (χ3n) is 2.73. The second-order valence-electron chi connectivity index (χ2n) is 3.85. The Kier molecular flexibility index (Phi) is 2.90. The Balaban J connectivity index is 2.32. The molecule has 0 fully saturated rings. The first-order valence-corrected chi connectivity index (χ1v) is 5.15. The van der Waals surface area contributed by atoms with E-state index >= 15 is 0 Å². The average Bonchev–Trinajstić information content (AvgIpc) is 2.25. The molecular formula is C11H16N2O2. The Bertz CT molecular complexity index is 354. The van der Waals surface area contributed by atoms with Crippen LogP contribution in [0.25, 0.3) is 0 Å². The number of aliphatic hydroxyl groups excluding tert-OH is 2. The monoisotopic (exact) mass is 208 g/mol. The number of hydrogen-bond acceptors (Lipinski definition) is 4. The Morgan fingerprint density at radius 3 is 2.93 bits per heavy atom. The highest BCUT2D eigenvalue weighted by molar-refractivity contribution is 5.56. The molecule has 2 atom stereocenters. The fraction of sp³-hybridized carbons (Fsp3) is 0.455. The maximum atomic E-state index is 9.80. The lowest BCUT2D eigenvalue weighted by Gasteiger charge is -2.28. The van der Waals surface area contributed by atoms with Crippen LogP contribution in [0.1, 0.15) is 17.2 Å². The van der Waals surface area contributed by atoms with Gasteiger partial charge < -0.3 is 21.3 Å². The molecule has 0 saturated carbocycles. The summed E-state index contributed by atoms with van der Waals surface area (Å²) in [5, 5.41) is 22.4. The number of β-amino-alcohol motifs (C(OH)–C–C–N with tert-alkyl or cyclic N) is 1. The Morgan fingerprint density at radius 1 is 1.40 bits per heavy atom. The van der Waals surface area contributed by atoms with Gasteiger partial charge in [-0.15, -0.1) is 0 Å². The van der Waals surface area contributed by atoms with Crippen molar-refractivity contribution in [2.75, 3.05) is 18.4 Å². The van der Waals surface area contributed by atoms with E-state index in [1.807, 2.05) is 18.2 Å². The van der Waals surface area contributed by atoms with E-state index in [1.165, 1.54) is 0 Å². The van der Waals surface area contributed by atoms with Crippen molar-refractivity contribution in [3.63, 3.8) is 0 Å². The number of aliphatic hydroxyl groups is 2. The number of anilines is 1. The molecule has 0 saturated heterocycles. The second kappa shape index (κ2) is 4.18. The van der Waals surface area contributed by atoms with Crippen molar-refractivity contribution >= 4 is 5.69 Å². The number of hydrogen-bond donors (Lipinski definition) is 4. The minimum atomic E-state index is -0.793. The van der Waals surface area contributed by atoms with Gasteiger partial charge in [0.25, 0.3) is 0 Å². The van der Waals surface area contributed by atoms with Crippen LogP contribution < -0.4 is 11.1 Å². The molecule has 0 bridgehead atoms. The average molecular weight is 208 g/mol. The quantitative estimate of drug-likeness (QED) is 0.552. The predicted molar refractivity (Wildman–Crippen MR) is 58.7 cm³/mol. The molecule has 0 aromatic heterocycles. The van der Waals surface area contributed by atoms with E-state index in [1.54, 1.807) is 0 Å². The largest absolute Gasteiger partial charge is 0.388 e. The molecule has 0 spiro atoms. The van der Waals surface area contributed by atoms with Crippen molar-refractivity contribution in [3.8, 4) is 0 Å². The maximum Gasteiger partial charge on any atom is 0.109 e. The number of rotatable bonds is 2. The van der Waals surface area contributed by atoms with Gasteiger partial charge in [-0.05, 0) is 24.6 Å². The van der Waals surface area contributed by atoms with Crippen molar-refractivity contribution in [1.29, 1.82) is 0 Å². The SMILES string of the molecule is NCCc1ccc2c(c1)C(O)C(O)CN2. The van der Waals surface area contributed by atoms with Gasteiger partial charge in [0.05, 0.1) is 0 Å². The molecule has 1 aromatic carbocycles. The van der Waals surface area contributed by atoms with E-state index in [4.69, 9.17) is 5.73 Å². The first kappa shape index (κ1) is 10.4. The Hall–Kier alpha value is -1.10. The summed E-state index contributed by atoms with van der Waals surface area (Å²) >= 11 is 0. The lowest BCUT2D eigenvalue weighted by Crippen LogP contribution is -2.32. The summed E-state index contributed by atoms with van der Waals surface area (Å²) in [7, 11) is 0. The van der Waals surface area contributed by atoms with Gasteiger partial charge in [0, 0.05) is 17.8 Å². The van der Waals surface area contributed by atoms with E-state index in [-0.39, 0.29) is 0 Å². The van der Waals surface area contributed by atoms with E-state index in [9.17, 15) is 10.2 Å². The fourth-order valence-electron chi connectivity index (χ4n) is 1.87. The zero-order valence-electron chi connectivity index (χ0n) is 8.48. The molecule has 2 unspecified atom stereocenters. The van der Waals surface area contributed by atoms with Gasteiger partial charge in [0.2, 0.25) is 0 Å². The molecule has 15 heavy (non-hydrogen) atoms. The lowest BCUT2D eigenvalue weighted by atomic mass is 9.95. The molecular weight excluding hydrogens is 192 g/mol. The highest BCUT2D eigenvalue weighted by atomic mass is 16.3. The maximum absolute atomic E-state index is 9.80. The van der Waals surface area contributed by atoms with Gasteiger partial charge in [-0.2, -0.15) is 0 Å². The molecule has 1 aromatic rings. The van der Waals surface area contributed by atoms with Gasteiger partial charge in [-0.25, -0.2) is 0 Å². The molecule has 1 aliphatic rings. The van der Waals surface area contributed by atoms with Gasteiger partial charge in [0.15, 0.2) is 0 Å². The summed E-state index contributed by atoms with van der Waals surface area (Å²) in [6.45, 7) is 0.981. The van der Waals surface area contributed by atoms with Crippen LogP contribution in [-0.2, 0) is 6.42 Å². The Labute approximate surface area is 88.7 Å². The van der Waals surface area contributed by atoms with E-state index in [2.05, 4.69) is 5.32 Å². The first-order valence-electron chi connectivity index (χ1n) is 5.15. The lowest BCUT2D eigenvalue weighted by molar-refractivity contribution is 0.0233. The van der Waals surface area contributed by atoms with Crippen LogP contribution >= 0.6 is 0 Å². The summed E-state index contributed by atoms with van der Waals surface area (Å²) in [6, 6.07) is 5.82. The van der Waals surface area contributed by atoms with Crippen LogP contribution in [0.4, 0.5) is 5.69 Å². The molecule has 0 amide bonds. The van der Waals surface area contributed by atoms with Crippen LogP contribution in [0.3, 0.4) is 0 Å². The molecule has 1 heterocycles. The van der Waals surface area contributed by atoms with Crippen LogP contribution in [0.2, 0.25) is 0 Å². The van der Waals surface area contributed by atoms with Gasteiger partial charge >= 0.3 is 0 Å². The van der Waals surface area contributed by atoms with Gasteiger partial charge in [0.1, 0.15) is 12.2 Å². The van der Waals surface area contributed by atoms with Gasteiger partial charge in [-0.1, -0.05) is 12.1 Å². The topological polar surface area (TPSA) is 78.5 Å². The summed E-state index contributed by atoms with van der Waals surface area (Å²) in [6.07, 6.45) is -0.736. The molecule has 4 nitrogen and oxygen atoms in total. The summed E-state index contributed by atoms with van der Waals surface area (Å²) in [5.74, 6) is 0. The van der Waals surface area contributed by atoms with Crippen LogP contribution in [0.15, 0.2) is 18.2 Å². The smallest absolute Gasteiger partial charge is 0.109 e. The highest BCUT2D eigenvalue weighted by Crippen LogP contribution is 2.30. The normalized spacial score (nSPS) is 24.5. The van der Waals surface area contributed by atoms with E-state index < -0.39 is 12.2 Å². The summed E-state index contributed by atoms with van der Waals surface area (Å²) in [5.41, 5.74) is 8.22. The fourth-order valence-corrected chi connectivity index (χ4v) is 1.87. The zero-order valence-corrected chi connectivity index (χ0v) is 8.48. The third kappa shape index (κ3) is 1.97. The molecule has 0 aliphatic carbocycles. The van der Waals surface area contributed by atoms with Crippen molar-refractivity contribution in [2.45, 2.75) is 18.6 Å². The molecule has 1 aliphatic heterocycles. The zero-order chi connectivity index (χ0) is 10.8. The number of fused-ring (bicyclic) bond motifs is 1. The molecule has 5 N–H and O–H groups in total. The molecule has 82 valence electrons.